The van der Waals surface area contributed by atoms with Gasteiger partial charge in [0.25, 0.3) is 0 Å². The molecule has 0 spiro atoms. The lowest BCUT2D eigenvalue weighted by atomic mass is 10.1. The molecule has 1 aromatic rings. The van der Waals surface area contributed by atoms with E-state index in [2.05, 4.69) is 5.32 Å². The third-order valence-electron chi connectivity index (χ3n) is 3.28. The summed E-state index contributed by atoms with van der Waals surface area (Å²) < 4.78 is 5.20. The molecular weight excluding hydrogens is 276 g/mol. The average Bonchev–Trinajstić information content (AvgIpc) is 3.08. The van der Waals surface area contributed by atoms with E-state index in [9.17, 15) is 4.79 Å². The predicted octanol–water partition coefficient (Wildman–Crippen LogP) is 3.75. The maximum absolute atomic E-state index is 11.7. The van der Waals surface area contributed by atoms with Crippen molar-refractivity contribution in [3.8, 4) is 0 Å². The SMILES string of the molecule is CC(C)(C)OC(=O)Nc1ccc(C2CC2CN)cc1Cl. The van der Waals surface area contributed by atoms with E-state index in [1.165, 1.54) is 5.56 Å². The molecule has 110 valence electrons. The Balaban J connectivity index is 2.01. The van der Waals surface area contributed by atoms with E-state index in [0.29, 0.717) is 29.1 Å². The second-order valence-corrected chi connectivity index (χ2v) is 6.61. The number of halogens is 1. The van der Waals surface area contributed by atoms with Gasteiger partial charge < -0.3 is 10.5 Å². The first kappa shape index (κ1) is 15.1. The molecule has 1 aliphatic rings. The fourth-order valence-corrected chi connectivity index (χ4v) is 2.43. The standard InChI is InChI=1S/C15H21ClN2O2/c1-15(2,3)20-14(19)18-13-5-4-9(7-12(13)16)11-6-10(11)8-17/h4-5,7,10-11H,6,8,17H2,1-3H3,(H,18,19). The maximum Gasteiger partial charge on any atom is 0.412 e. The number of nitrogens with two attached hydrogens (primary N) is 1. The smallest absolute Gasteiger partial charge is 0.412 e. The Morgan fingerprint density at radius 3 is 2.70 bits per heavy atom. The summed E-state index contributed by atoms with van der Waals surface area (Å²) in [5.41, 5.74) is 6.86. The van der Waals surface area contributed by atoms with E-state index >= 15 is 0 Å². The molecular formula is C15H21ClN2O2. The van der Waals surface area contributed by atoms with Crippen LogP contribution in [-0.2, 0) is 4.74 Å². The molecule has 0 aromatic heterocycles. The van der Waals surface area contributed by atoms with Gasteiger partial charge in [0.1, 0.15) is 5.60 Å². The molecule has 2 unspecified atom stereocenters. The molecule has 3 N–H and O–H groups in total. The zero-order valence-corrected chi connectivity index (χ0v) is 12.8. The Kier molecular flexibility index (Phi) is 4.25. The van der Waals surface area contributed by atoms with Crippen LogP contribution in [0.5, 0.6) is 0 Å². The van der Waals surface area contributed by atoms with Crippen LogP contribution in [-0.4, -0.2) is 18.2 Å². The summed E-state index contributed by atoms with van der Waals surface area (Å²) in [6.45, 7) is 6.16. The molecule has 0 bridgehead atoms. The van der Waals surface area contributed by atoms with Gasteiger partial charge in [-0.1, -0.05) is 17.7 Å². The Bertz CT molecular complexity index is 511. The normalized spacial score (nSPS) is 21.4. The van der Waals surface area contributed by atoms with Crippen molar-refractivity contribution in [2.75, 3.05) is 11.9 Å². The Hall–Kier alpha value is -1.26. The summed E-state index contributed by atoms with van der Waals surface area (Å²) in [5.74, 6) is 1.07. The third kappa shape index (κ3) is 3.87. The second-order valence-electron chi connectivity index (χ2n) is 6.20. The molecule has 4 nitrogen and oxygen atoms in total. The van der Waals surface area contributed by atoms with Crippen molar-refractivity contribution in [2.24, 2.45) is 11.7 Å². The van der Waals surface area contributed by atoms with Crippen molar-refractivity contribution in [1.29, 1.82) is 0 Å². The van der Waals surface area contributed by atoms with Crippen LogP contribution in [0.2, 0.25) is 5.02 Å². The van der Waals surface area contributed by atoms with Gasteiger partial charge in [0.2, 0.25) is 0 Å². The lowest BCUT2D eigenvalue weighted by Crippen LogP contribution is -2.27. The highest BCUT2D eigenvalue weighted by Gasteiger charge is 2.37. The molecule has 2 rings (SSSR count). The molecule has 1 aliphatic carbocycles. The number of hydrogen-bond acceptors (Lipinski definition) is 3. The molecule has 1 fully saturated rings. The largest absolute Gasteiger partial charge is 0.444 e. The van der Waals surface area contributed by atoms with Gasteiger partial charge in [-0.15, -0.1) is 0 Å². The van der Waals surface area contributed by atoms with Crippen molar-refractivity contribution in [2.45, 2.75) is 38.7 Å². The van der Waals surface area contributed by atoms with E-state index < -0.39 is 11.7 Å². The van der Waals surface area contributed by atoms with Crippen LogP contribution >= 0.6 is 11.6 Å². The highest BCUT2D eigenvalue weighted by atomic mass is 35.5. The summed E-state index contributed by atoms with van der Waals surface area (Å²) in [4.78, 5) is 11.7. The lowest BCUT2D eigenvalue weighted by Gasteiger charge is -2.20. The molecule has 20 heavy (non-hydrogen) atoms. The number of carbonyl (C=O) groups excluding carboxylic acids is 1. The van der Waals surface area contributed by atoms with Gasteiger partial charge in [-0.3, -0.25) is 5.32 Å². The summed E-state index contributed by atoms with van der Waals surface area (Å²) in [6.07, 6.45) is 0.615. The van der Waals surface area contributed by atoms with Gasteiger partial charge in [-0.25, -0.2) is 4.79 Å². The minimum Gasteiger partial charge on any atom is -0.444 e. The molecule has 5 heteroatoms. The van der Waals surface area contributed by atoms with Crippen molar-refractivity contribution in [3.63, 3.8) is 0 Å². The van der Waals surface area contributed by atoms with Crippen molar-refractivity contribution in [3.05, 3.63) is 28.8 Å². The van der Waals surface area contributed by atoms with Gasteiger partial charge in [-0.2, -0.15) is 0 Å². The summed E-state index contributed by atoms with van der Waals surface area (Å²) in [6, 6.07) is 5.70. The highest BCUT2D eigenvalue weighted by molar-refractivity contribution is 6.33. The fraction of sp³-hybridized carbons (Fsp3) is 0.533. The van der Waals surface area contributed by atoms with E-state index in [0.717, 1.165) is 6.42 Å². The van der Waals surface area contributed by atoms with Gasteiger partial charge in [0.05, 0.1) is 10.7 Å². The number of benzene rings is 1. The van der Waals surface area contributed by atoms with E-state index in [1.54, 1.807) is 0 Å². The number of amides is 1. The minimum absolute atomic E-state index is 0.501. The molecule has 1 saturated carbocycles. The topological polar surface area (TPSA) is 64.3 Å². The van der Waals surface area contributed by atoms with Crippen molar-refractivity contribution >= 4 is 23.4 Å². The predicted molar refractivity (Wildman–Crippen MR) is 81.2 cm³/mol. The quantitative estimate of drug-likeness (QED) is 0.893. The van der Waals surface area contributed by atoms with Crippen LogP contribution in [0.25, 0.3) is 0 Å². The van der Waals surface area contributed by atoms with Gasteiger partial charge >= 0.3 is 6.09 Å². The Labute approximate surface area is 124 Å². The van der Waals surface area contributed by atoms with Gasteiger partial charge in [-0.05, 0) is 63.3 Å². The molecule has 0 heterocycles. The van der Waals surface area contributed by atoms with Crippen LogP contribution in [0, 0.1) is 5.92 Å². The van der Waals surface area contributed by atoms with E-state index in [4.69, 9.17) is 22.1 Å². The first-order valence-electron chi connectivity index (χ1n) is 6.79. The number of rotatable bonds is 3. The molecule has 0 saturated heterocycles. The number of ether oxygens (including phenoxy) is 1. The molecule has 0 aliphatic heterocycles. The van der Waals surface area contributed by atoms with E-state index in [-0.39, 0.29) is 0 Å². The summed E-state index contributed by atoms with van der Waals surface area (Å²) in [7, 11) is 0. The van der Waals surface area contributed by atoms with Crippen LogP contribution in [0.3, 0.4) is 0 Å². The number of hydrogen-bond donors (Lipinski definition) is 2. The van der Waals surface area contributed by atoms with Gasteiger partial charge in [0, 0.05) is 0 Å². The van der Waals surface area contributed by atoms with Crippen LogP contribution in [0.15, 0.2) is 18.2 Å². The molecule has 2 atom stereocenters. The highest BCUT2D eigenvalue weighted by Crippen LogP contribution is 2.47. The number of anilines is 1. The van der Waals surface area contributed by atoms with E-state index in [1.807, 2.05) is 39.0 Å². The Morgan fingerprint density at radius 2 is 2.20 bits per heavy atom. The third-order valence-corrected chi connectivity index (χ3v) is 3.59. The fourth-order valence-electron chi connectivity index (χ4n) is 2.19. The number of nitrogens with one attached hydrogen (secondary N) is 1. The maximum atomic E-state index is 11.7. The lowest BCUT2D eigenvalue weighted by molar-refractivity contribution is 0.0636. The monoisotopic (exact) mass is 296 g/mol. The van der Waals surface area contributed by atoms with Crippen LogP contribution < -0.4 is 11.1 Å². The van der Waals surface area contributed by atoms with Crippen LogP contribution in [0.4, 0.5) is 10.5 Å². The molecule has 1 aromatic carbocycles. The Morgan fingerprint density at radius 1 is 1.50 bits per heavy atom. The first-order valence-corrected chi connectivity index (χ1v) is 7.17. The zero-order valence-electron chi connectivity index (χ0n) is 12.1. The molecule has 0 radical (unpaired) electrons. The van der Waals surface area contributed by atoms with Crippen LogP contribution in [0.1, 0.15) is 38.7 Å². The van der Waals surface area contributed by atoms with Crippen molar-refractivity contribution in [1.82, 2.24) is 0 Å². The molecule has 1 amide bonds. The summed E-state index contributed by atoms with van der Waals surface area (Å²) >= 11 is 6.21. The first-order chi connectivity index (χ1) is 9.30. The minimum atomic E-state index is -0.529. The second kappa shape index (κ2) is 5.62. The zero-order chi connectivity index (χ0) is 14.9. The van der Waals surface area contributed by atoms with Crippen molar-refractivity contribution < 1.29 is 9.53 Å². The van der Waals surface area contributed by atoms with Gasteiger partial charge in [0.15, 0.2) is 0 Å². The number of carbonyl (C=O) groups is 1. The average molecular weight is 297 g/mol. The summed E-state index contributed by atoms with van der Waals surface area (Å²) in [5, 5.41) is 3.18.